The molecule has 0 aromatic heterocycles. The average molecular weight is 361 g/mol. The van der Waals surface area contributed by atoms with Gasteiger partial charge >= 0.3 is 5.97 Å². The van der Waals surface area contributed by atoms with Crippen LogP contribution in [0.5, 0.6) is 0 Å². The van der Waals surface area contributed by atoms with Gasteiger partial charge in [0.05, 0.1) is 17.6 Å². The molecule has 2 aliphatic rings. The summed E-state index contributed by atoms with van der Waals surface area (Å²) >= 11 is 0. The highest BCUT2D eigenvalue weighted by atomic mass is 35.5. The predicted octanol–water partition coefficient (Wildman–Crippen LogP) is 1.04. The highest BCUT2D eigenvalue weighted by Crippen LogP contribution is 2.31. The Kier molecular flexibility index (Phi) is 5.35. The van der Waals surface area contributed by atoms with E-state index in [1.807, 2.05) is 0 Å². The van der Waals surface area contributed by atoms with Crippen LogP contribution in [0.25, 0.3) is 0 Å². The van der Waals surface area contributed by atoms with E-state index in [9.17, 15) is 13.2 Å². The SMILES string of the molecule is COC(=O)c1ccc(S(=O)(=O)N2C[C@H]3CNC[C@H]3C2)c(C)c1.Cl. The number of nitrogens with one attached hydrogen (secondary N) is 1. The van der Waals surface area contributed by atoms with Crippen LogP contribution in [0.15, 0.2) is 23.1 Å². The molecule has 2 saturated heterocycles. The van der Waals surface area contributed by atoms with Crippen molar-refractivity contribution in [3.63, 3.8) is 0 Å². The standard InChI is InChI=1S/C15H20N2O4S.ClH/c1-10-5-11(15(18)21-2)3-4-14(10)22(19,20)17-8-12-6-16-7-13(12)9-17;/h3-5,12-13,16H,6-9H2,1-2H3;1H/t12-,13+;. The summed E-state index contributed by atoms with van der Waals surface area (Å²) in [5.41, 5.74) is 0.930. The van der Waals surface area contributed by atoms with Crippen molar-refractivity contribution in [1.82, 2.24) is 9.62 Å². The van der Waals surface area contributed by atoms with Crippen molar-refractivity contribution in [2.45, 2.75) is 11.8 Å². The summed E-state index contributed by atoms with van der Waals surface area (Å²) in [5.74, 6) is 0.350. The number of sulfonamides is 1. The fourth-order valence-corrected chi connectivity index (χ4v) is 5.09. The highest BCUT2D eigenvalue weighted by molar-refractivity contribution is 7.89. The smallest absolute Gasteiger partial charge is 0.337 e. The second kappa shape index (κ2) is 6.76. The van der Waals surface area contributed by atoms with Crippen LogP contribution in [0.3, 0.4) is 0 Å². The van der Waals surface area contributed by atoms with Crippen molar-refractivity contribution in [3.8, 4) is 0 Å². The van der Waals surface area contributed by atoms with Gasteiger partial charge in [0.1, 0.15) is 0 Å². The highest BCUT2D eigenvalue weighted by Gasteiger charge is 2.41. The fraction of sp³-hybridized carbons (Fsp3) is 0.533. The second-order valence-electron chi connectivity index (χ2n) is 5.97. The maximum atomic E-state index is 12.8. The molecule has 0 bridgehead atoms. The van der Waals surface area contributed by atoms with Crippen LogP contribution in [0.2, 0.25) is 0 Å². The van der Waals surface area contributed by atoms with Gasteiger partial charge in [-0.3, -0.25) is 0 Å². The van der Waals surface area contributed by atoms with E-state index in [4.69, 9.17) is 0 Å². The van der Waals surface area contributed by atoms with Crippen molar-refractivity contribution in [3.05, 3.63) is 29.3 Å². The Hall–Kier alpha value is -1.15. The third-order valence-corrected chi connectivity index (χ3v) is 6.56. The Morgan fingerprint density at radius 3 is 2.39 bits per heavy atom. The lowest BCUT2D eigenvalue weighted by molar-refractivity contribution is 0.0600. The third-order valence-electron chi connectivity index (χ3n) is 4.57. The monoisotopic (exact) mass is 360 g/mol. The molecule has 3 rings (SSSR count). The van der Waals surface area contributed by atoms with Crippen LogP contribution in [0.1, 0.15) is 15.9 Å². The first kappa shape index (κ1) is 18.2. The molecule has 128 valence electrons. The predicted molar refractivity (Wildman–Crippen MR) is 88.4 cm³/mol. The lowest BCUT2D eigenvalue weighted by Gasteiger charge is -2.19. The first-order chi connectivity index (χ1) is 10.4. The Bertz CT molecular complexity index is 695. The largest absolute Gasteiger partial charge is 0.465 e. The number of carbonyl (C=O) groups is 1. The van der Waals surface area contributed by atoms with Crippen LogP contribution >= 0.6 is 12.4 Å². The van der Waals surface area contributed by atoms with E-state index < -0.39 is 16.0 Å². The van der Waals surface area contributed by atoms with Crippen LogP contribution < -0.4 is 5.32 Å². The molecule has 0 unspecified atom stereocenters. The van der Waals surface area contributed by atoms with Gasteiger partial charge in [0.2, 0.25) is 10.0 Å². The summed E-state index contributed by atoms with van der Waals surface area (Å²) in [6.45, 7) is 4.61. The molecule has 2 heterocycles. The summed E-state index contributed by atoms with van der Waals surface area (Å²) in [6.07, 6.45) is 0. The number of benzene rings is 1. The van der Waals surface area contributed by atoms with E-state index in [-0.39, 0.29) is 17.3 Å². The summed E-state index contributed by atoms with van der Waals surface area (Å²) in [4.78, 5) is 11.8. The number of carbonyl (C=O) groups excluding carboxylic acids is 1. The van der Waals surface area contributed by atoms with Crippen LogP contribution in [-0.2, 0) is 14.8 Å². The third kappa shape index (κ3) is 3.24. The molecule has 8 heteroatoms. The maximum absolute atomic E-state index is 12.8. The van der Waals surface area contributed by atoms with Gasteiger partial charge in [0, 0.05) is 13.1 Å². The number of ether oxygens (including phenoxy) is 1. The van der Waals surface area contributed by atoms with E-state index in [0.717, 1.165) is 13.1 Å². The summed E-state index contributed by atoms with van der Waals surface area (Å²) in [5, 5.41) is 3.30. The Morgan fingerprint density at radius 1 is 1.26 bits per heavy atom. The number of hydrogen-bond donors (Lipinski definition) is 1. The zero-order valence-corrected chi connectivity index (χ0v) is 14.7. The van der Waals surface area contributed by atoms with Crippen LogP contribution in [-0.4, -0.2) is 52.0 Å². The number of hydrogen-bond acceptors (Lipinski definition) is 5. The van der Waals surface area contributed by atoms with Gasteiger partial charge in [-0.1, -0.05) is 0 Å². The molecule has 0 spiro atoms. The summed E-state index contributed by atoms with van der Waals surface area (Å²) in [7, 11) is -2.20. The van der Waals surface area contributed by atoms with Gasteiger partial charge in [-0.25, -0.2) is 13.2 Å². The van der Waals surface area contributed by atoms with Gasteiger partial charge in [-0.05, 0) is 55.6 Å². The molecule has 2 fully saturated rings. The van der Waals surface area contributed by atoms with E-state index in [1.54, 1.807) is 17.3 Å². The number of halogens is 1. The first-order valence-electron chi connectivity index (χ1n) is 7.33. The van der Waals surface area contributed by atoms with Crippen LogP contribution in [0.4, 0.5) is 0 Å². The van der Waals surface area contributed by atoms with Crippen molar-refractivity contribution < 1.29 is 17.9 Å². The Balaban J connectivity index is 0.00000192. The molecule has 1 N–H and O–H groups in total. The molecular weight excluding hydrogens is 340 g/mol. The second-order valence-corrected chi connectivity index (χ2v) is 7.88. The van der Waals surface area contributed by atoms with Gasteiger partial charge in [0.25, 0.3) is 0 Å². The zero-order valence-electron chi connectivity index (χ0n) is 13.1. The molecule has 1 aromatic carbocycles. The number of aryl methyl sites for hydroxylation is 1. The number of rotatable bonds is 3. The topological polar surface area (TPSA) is 75.7 Å². The minimum absolute atomic E-state index is 0. The van der Waals surface area contributed by atoms with Gasteiger partial charge in [-0.2, -0.15) is 4.31 Å². The van der Waals surface area contributed by atoms with Crippen molar-refractivity contribution in [2.24, 2.45) is 11.8 Å². The molecule has 23 heavy (non-hydrogen) atoms. The Labute approximate surface area is 142 Å². The number of esters is 1. The molecule has 0 radical (unpaired) electrons. The maximum Gasteiger partial charge on any atom is 0.337 e. The lowest BCUT2D eigenvalue weighted by Crippen LogP contribution is -2.32. The minimum Gasteiger partial charge on any atom is -0.465 e. The van der Waals surface area contributed by atoms with Gasteiger partial charge in [0.15, 0.2) is 0 Å². The van der Waals surface area contributed by atoms with Gasteiger partial charge < -0.3 is 10.1 Å². The fourth-order valence-electron chi connectivity index (χ4n) is 3.33. The lowest BCUT2D eigenvalue weighted by atomic mass is 10.0. The number of fused-ring (bicyclic) bond motifs is 1. The molecular formula is C15H21ClN2O4S. The Morgan fingerprint density at radius 2 is 1.87 bits per heavy atom. The molecule has 2 aliphatic heterocycles. The van der Waals surface area contributed by atoms with Crippen molar-refractivity contribution >= 4 is 28.4 Å². The molecule has 0 aliphatic carbocycles. The molecule has 0 amide bonds. The van der Waals surface area contributed by atoms with Crippen molar-refractivity contribution in [2.75, 3.05) is 33.3 Å². The first-order valence-corrected chi connectivity index (χ1v) is 8.77. The molecule has 0 saturated carbocycles. The summed E-state index contributed by atoms with van der Waals surface area (Å²) < 4.78 is 31.9. The van der Waals surface area contributed by atoms with Gasteiger partial charge in [-0.15, -0.1) is 12.4 Å². The zero-order chi connectivity index (χ0) is 15.9. The number of methoxy groups -OCH3 is 1. The minimum atomic E-state index is -3.51. The van der Waals surface area contributed by atoms with Crippen LogP contribution in [0, 0.1) is 18.8 Å². The quantitative estimate of drug-likeness (QED) is 0.815. The van der Waals surface area contributed by atoms with Crippen molar-refractivity contribution in [1.29, 1.82) is 0 Å². The van der Waals surface area contributed by atoms with E-state index in [1.165, 1.54) is 19.2 Å². The summed E-state index contributed by atoms with van der Waals surface area (Å²) in [6, 6.07) is 4.57. The van der Waals surface area contributed by atoms with E-state index in [0.29, 0.717) is 36.1 Å². The molecule has 2 atom stereocenters. The van der Waals surface area contributed by atoms with E-state index >= 15 is 0 Å². The van der Waals surface area contributed by atoms with E-state index in [2.05, 4.69) is 10.1 Å². The normalized spacial score (nSPS) is 24.1. The number of nitrogens with zero attached hydrogens (tertiary/aromatic N) is 1. The molecule has 1 aromatic rings. The molecule has 6 nitrogen and oxygen atoms in total. The average Bonchev–Trinajstić information content (AvgIpc) is 3.07.